The van der Waals surface area contributed by atoms with Gasteiger partial charge in [-0.2, -0.15) is 0 Å². The maximum atomic E-state index is 12.7. The molecule has 25 heavy (non-hydrogen) atoms. The fraction of sp³-hybridized carbons (Fsp3) is 0.200. The second-order valence-corrected chi connectivity index (χ2v) is 7.92. The molecule has 0 aliphatic carbocycles. The zero-order valence-electron chi connectivity index (χ0n) is 14.5. The molecule has 0 N–H and O–H groups in total. The molecule has 1 aliphatic heterocycles. The molecule has 2 aromatic rings. The molecule has 0 saturated carbocycles. The minimum atomic E-state index is -0.0211. The van der Waals surface area contributed by atoms with Gasteiger partial charge < -0.3 is 4.90 Å². The minimum Gasteiger partial charge on any atom is -0.378 e. The number of thiocarbonyl (C=S) groups is 1. The van der Waals surface area contributed by atoms with Crippen LogP contribution in [0.15, 0.2) is 53.4 Å². The standard InChI is InChI=1S/C20H20N2OS2/c1-14-4-6-16(7-5-14)13-22-19(23)18(25-20(22)24)12-15-8-10-17(11-9-15)21(2)3/h4-12H,13H2,1-3H3/b18-12-. The molecule has 0 spiro atoms. The number of hydrogen-bond acceptors (Lipinski definition) is 4. The number of anilines is 1. The molecule has 1 amide bonds. The van der Waals surface area contributed by atoms with Gasteiger partial charge in [0.15, 0.2) is 0 Å². The van der Waals surface area contributed by atoms with E-state index in [2.05, 4.69) is 12.1 Å². The highest BCUT2D eigenvalue weighted by atomic mass is 32.2. The predicted octanol–water partition coefficient (Wildman–Crippen LogP) is 4.46. The summed E-state index contributed by atoms with van der Waals surface area (Å²) in [6.07, 6.45) is 1.91. The van der Waals surface area contributed by atoms with Crippen LogP contribution in [0, 0.1) is 6.92 Å². The summed E-state index contributed by atoms with van der Waals surface area (Å²) >= 11 is 6.78. The Labute approximate surface area is 158 Å². The molecule has 1 aliphatic rings. The average molecular weight is 369 g/mol. The van der Waals surface area contributed by atoms with Crippen LogP contribution in [0.5, 0.6) is 0 Å². The smallest absolute Gasteiger partial charge is 0.266 e. The van der Waals surface area contributed by atoms with Crippen molar-refractivity contribution >= 4 is 46.0 Å². The van der Waals surface area contributed by atoms with Gasteiger partial charge in [-0.05, 0) is 36.3 Å². The van der Waals surface area contributed by atoms with Gasteiger partial charge in [0.05, 0.1) is 11.4 Å². The number of benzene rings is 2. The Morgan fingerprint density at radius 1 is 1.08 bits per heavy atom. The quantitative estimate of drug-likeness (QED) is 0.587. The van der Waals surface area contributed by atoms with Crippen molar-refractivity contribution in [3.8, 4) is 0 Å². The Morgan fingerprint density at radius 2 is 1.72 bits per heavy atom. The summed E-state index contributed by atoms with van der Waals surface area (Å²) in [4.78, 5) is 17.1. The topological polar surface area (TPSA) is 23.6 Å². The zero-order valence-corrected chi connectivity index (χ0v) is 16.2. The van der Waals surface area contributed by atoms with Crippen LogP contribution in [-0.4, -0.2) is 29.2 Å². The number of thioether (sulfide) groups is 1. The number of aryl methyl sites for hydroxylation is 1. The first-order chi connectivity index (χ1) is 11.9. The van der Waals surface area contributed by atoms with Crippen molar-refractivity contribution in [2.24, 2.45) is 0 Å². The van der Waals surface area contributed by atoms with E-state index in [1.165, 1.54) is 17.3 Å². The summed E-state index contributed by atoms with van der Waals surface area (Å²) < 4.78 is 0.613. The highest BCUT2D eigenvalue weighted by Gasteiger charge is 2.31. The largest absolute Gasteiger partial charge is 0.378 e. The fourth-order valence-electron chi connectivity index (χ4n) is 2.53. The summed E-state index contributed by atoms with van der Waals surface area (Å²) in [6.45, 7) is 2.57. The van der Waals surface area contributed by atoms with Crippen LogP contribution in [-0.2, 0) is 11.3 Å². The van der Waals surface area contributed by atoms with Crippen molar-refractivity contribution in [1.29, 1.82) is 0 Å². The lowest BCUT2D eigenvalue weighted by Crippen LogP contribution is -2.27. The van der Waals surface area contributed by atoms with Crippen LogP contribution in [0.25, 0.3) is 6.08 Å². The fourth-order valence-corrected chi connectivity index (χ4v) is 3.79. The Bertz CT molecular complexity index is 824. The number of nitrogens with zero attached hydrogens (tertiary/aromatic N) is 2. The molecule has 3 rings (SSSR count). The zero-order chi connectivity index (χ0) is 18.0. The lowest BCUT2D eigenvalue weighted by Gasteiger charge is -2.14. The van der Waals surface area contributed by atoms with Gasteiger partial charge >= 0.3 is 0 Å². The molecule has 0 atom stereocenters. The maximum absolute atomic E-state index is 12.7. The van der Waals surface area contributed by atoms with Crippen LogP contribution in [0.1, 0.15) is 16.7 Å². The van der Waals surface area contributed by atoms with Crippen LogP contribution in [0.3, 0.4) is 0 Å². The van der Waals surface area contributed by atoms with Gasteiger partial charge in [-0.15, -0.1) is 0 Å². The Kier molecular flexibility index (Phi) is 5.25. The molecule has 1 saturated heterocycles. The first kappa shape index (κ1) is 17.7. The lowest BCUT2D eigenvalue weighted by molar-refractivity contribution is -0.122. The third kappa shape index (κ3) is 4.11. The average Bonchev–Trinajstić information content (AvgIpc) is 2.85. The highest BCUT2D eigenvalue weighted by Crippen LogP contribution is 2.33. The van der Waals surface area contributed by atoms with Crippen LogP contribution in [0.4, 0.5) is 5.69 Å². The van der Waals surface area contributed by atoms with E-state index >= 15 is 0 Å². The Hall–Kier alpha value is -2.11. The molecule has 1 heterocycles. The Morgan fingerprint density at radius 3 is 2.32 bits per heavy atom. The normalized spacial score (nSPS) is 16.0. The number of rotatable bonds is 4. The van der Waals surface area contributed by atoms with E-state index in [0.717, 1.165) is 16.8 Å². The van der Waals surface area contributed by atoms with E-state index in [9.17, 15) is 4.79 Å². The Balaban J connectivity index is 1.77. The van der Waals surface area contributed by atoms with Gasteiger partial charge in [-0.3, -0.25) is 9.69 Å². The predicted molar refractivity (Wildman–Crippen MR) is 111 cm³/mol. The van der Waals surface area contributed by atoms with E-state index in [1.807, 2.05) is 68.4 Å². The van der Waals surface area contributed by atoms with Crippen LogP contribution >= 0.6 is 24.0 Å². The molecular weight excluding hydrogens is 348 g/mol. The second kappa shape index (κ2) is 7.42. The molecule has 3 nitrogen and oxygen atoms in total. The molecule has 1 fully saturated rings. The molecule has 0 unspecified atom stereocenters. The first-order valence-corrected chi connectivity index (χ1v) is 9.25. The van der Waals surface area contributed by atoms with Crippen molar-refractivity contribution in [1.82, 2.24) is 4.90 Å². The summed E-state index contributed by atoms with van der Waals surface area (Å²) in [7, 11) is 4.01. The molecule has 0 radical (unpaired) electrons. The van der Waals surface area contributed by atoms with Gasteiger partial charge in [-0.25, -0.2) is 0 Å². The van der Waals surface area contributed by atoms with Crippen molar-refractivity contribution in [2.45, 2.75) is 13.5 Å². The number of amides is 1. The molecule has 128 valence electrons. The maximum Gasteiger partial charge on any atom is 0.266 e. The van der Waals surface area contributed by atoms with Gasteiger partial charge in [0.2, 0.25) is 0 Å². The molecular formula is C20H20N2OS2. The number of hydrogen-bond donors (Lipinski definition) is 0. The van der Waals surface area contributed by atoms with Gasteiger partial charge in [0.1, 0.15) is 4.32 Å². The minimum absolute atomic E-state index is 0.0211. The van der Waals surface area contributed by atoms with Crippen LogP contribution < -0.4 is 4.90 Å². The third-order valence-electron chi connectivity index (χ3n) is 4.04. The highest BCUT2D eigenvalue weighted by molar-refractivity contribution is 8.26. The van der Waals surface area contributed by atoms with Crippen molar-refractivity contribution < 1.29 is 4.79 Å². The summed E-state index contributed by atoms with van der Waals surface area (Å²) in [5.74, 6) is -0.0211. The first-order valence-electron chi connectivity index (χ1n) is 8.02. The van der Waals surface area contributed by atoms with Gasteiger partial charge in [0.25, 0.3) is 5.91 Å². The summed E-state index contributed by atoms with van der Waals surface area (Å²) in [6, 6.07) is 16.3. The number of carbonyl (C=O) groups is 1. The summed E-state index contributed by atoms with van der Waals surface area (Å²) in [5.41, 5.74) is 4.42. The van der Waals surface area contributed by atoms with E-state index in [1.54, 1.807) is 4.90 Å². The van der Waals surface area contributed by atoms with E-state index < -0.39 is 0 Å². The lowest BCUT2D eigenvalue weighted by atomic mass is 10.1. The number of carbonyl (C=O) groups excluding carboxylic acids is 1. The third-order valence-corrected chi connectivity index (χ3v) is 5.42. The monoisotopic (exact) mass is 368 g/mol. The molecule has 0 aromatic heterocycles. The molecule has 2 aromatic carbocycles. The molecule has 0 bridgehead atoms. The van der Waals surface area contributed by atoms with Crippen molar-refractivity contribution in [2.75, 3.05) is 19.0 Å². The second-order valence-electron chi connectivity index (χ2n) is 6.24. The van der Waals surface area contributed by atoms with E-state index in [-0.39, 0.29) is 5.91 Å². The van der Waals surface area contributed by atoms with Gasteiger partial charge in [-0.1, -0.05) is 65.9 Å². The van der Waals surface area contributed by atoms with E-state index in [4.69, 9.17) is 12.2 Å². The SMILES string of the molecule is Cc1ccc(CN2C(=O)/C(=C/c3ccc(N(C)C)cc3)SC2=S)cc1. The van der Waals surface area contributed by atoms with E-state index in [0.29, 0.717) is 15.8 Å². The van der Waals surface area contributed by atoms with Crippen molar-refractivity contribution in [3.63, 3.8) is 0 Å². The van der Waals surface area contributed by atoms with Crippen LogP contribution in [0.2, 0.25) is 0 Å². The van der Waals surface area contributed by atoms with Crippen molar-refractivity contribution in [3.05, 3.63) is 70.1 Å². The summed E-state index contributed by atoms with van der Waals surface area (Å²) in [5, 5.41) is 0. The molecule has 5 heteroatoms. The van der Waals surface area contributed by atoms with Gasteiger partial charge in [0, 0.05) is 19.8 Å².